The quantitative estimate of drug-likeness (QED) is 0.605. The Bertz CT molecular complexity index is 992. The van der Waals surface area contributed by atoms with Crippen molar-refractivity contribution < 1.29 is 9.52 Å². The van der Waals surface area contributed by atoms with Gasteiger partial charge in [0, 0.05) is 12.4 Å². The van der Waals surface area contributed by atoms with Crippen LogP contribution in [0.5, 0.6) is 0 Å². The zero-order valence-corrected chi connectivity index (χ0v) is 13.6. The number of rotatable bonds is 3. The van der Waals surface area contributed by atoms with Crippen LogP contribution in [-0.2, 0) is 5.60 Å². The Morgan fingerprint density at radius 1 is 1.00 bits per heavy atom. The average Bonchev–Trinajstić information content (AvgIpc) is 3.22. The lowest BCUT2D eigenvalue weighted by Gasteiger charge is -2.18. The van der Waals surface area contributed by atoms with Gasteiger partial charge in [-0.15, -0.1) is 0 Å². The minimum absolute atomic E-state index is 0.754. The number of fused-ring (bicyclic) bond motifs is 1. The molecule has 4 nitrogen and oxygen atoms in total. The summed E-state index contributed by atoms with van der Waals surface area (Å²) in [7, 11) is 0. The minimum atomic E-state index is -0.860. The van der Waals surface area contributed by atoms with E-state index in [4.69, 9.17) is 4.42 Å². The highest BCUT2D eigenvalue weighted by molar-refractivity contribution is 5.67. The second-order valence-corrected chi connectivity index (χ2v) is 6.43. The maximum absolute atomic E-state index is 10.2. The summed E-state index contributed by atoms with van der Waals surface area (Å²) in [6.07, 6.45) is 5.64. The molecule has 0 aliphatic carbocycles. The summed E-state index contributed by atoms with van der Waals surface area (Å²) < 4.78 is 7.40. The summed E-state index contributed by atoms with van der Waals surface area (Å²) in [6, 6.07) is 15.7. The third kappa shape index (κ3) is 2.61. The summed E-state index contributed by atoms with van der Waals surface area (Å²) >= 11 is 0. The van der Waals surface area contributed by atoms with E-state index in [-0.39, 0.29) is 0 Å². The molecule has 4 rings (SSSR count). The van der Waals surface area contributed by atoms with Gasteiger partial charge in [0.1, 0.15) is 11.3 Å². The Morgan fingerprint density at radius 2 is 1.88 bits per heavy atom. The number of hydrogen-bond donors (Lipinski definition) is 1. The van der Waals surface area contributed by atoms with Crippen molar-refractivity contribution in [2.45, 2.75) is 19.4 Å². The van der Waals surface area contributed by atoms with Crippen LogP contribution in [0.4, 0.5) is 0 Å². The largest absolute Gasteiger partial charge is 0.463 e. The highest BCUT2D eigenvalue weighted by Crippen LogP contribution is 2.27. The molecule has 1 N–H and O–H groups in total. The summed E-state index contributed by atoms with van der Waals surface area (Å²) in [5, 5.41) is 10.2. The van der Waals surface area contributed by atoms with Crippen LogP contribution in [0.2, 0.25) is 0 Å². The molecule has 0 amide bonds. The molecular weight excluding hydrogens is 300 g/mol. The van der Waals surface area contributed by atoms with E-state index in [9.17, 15) is 5.11 Å². The van der Waals surface area contributed by atoms with Crippen molar-refractivity contribution >= 4 is 5.65 Å². The molecule has 3 heterocycles. The topological polar surface area (TPSA) is 50.7 Å². The van der Waals surface area contributed by atoms with E-state index >= 15 is 0 Å². The number of aliphatic hydroxyl groups is 1. The van der Waals surface area contributed by atoms with Gasteiger partial charge in [-0.3, -0.25) is 0 Å². The number of imidazole rings is 1. The monoisotopic (exact) mass is 318 g/mol. The highest BCUT2D eigenvalue weighted by Gasteiger charge is 2.16. The van der Waals surface area contributed by atoms with Gasteiger partial charge in [0.2, 0.25) is 0 Å². The Hall–Kier alpha value is -2.85. The van der Waals surface area contributed by atoms with Crippen molar-refractivity contribution in [3.63, 3.8) is 0 Å². The molecule has 0 saturated carbocycles. The highest BCUT2D eigenvalue weighted by atomic mass is 16.3. The standard InChI is InChI=1S/C20H18N2O2/c1-20(2,23)16-6-3-5-14(11-16)15-8-9-19-21-17(13-22(19)12-15)18-7-4-10-24-18/h3-13,23H,1-2H3. The predicted octanol–water partition coefficient (Wildman–Crippen LogP) is 4.49. The van der Waals surface area contributed by atoms with Crippen LogP contribution in [0.3, 0.4) is 0 Å². The summed E-state index contributed by atoms with van der Waals surface area (Å²) in [4.78, 5) is 4.58. The smallest absolute Gasteiger partial charge is 0.153 e. The number of aromatic nitrogens is 2. The Morgan fingerprint density at radius 3 is 2.62 bits per heavy atom. The van der Waals surface area contributed by atoms with Crippen molar-refractivity contribution in [2.75, 3.05) is 0 Å². The van der Waals surface area contributed by atoms with Crippen molar-refractivity contribution in [2.24, 2.45) is 0 Å². The van der Waals surface area contributed by atoms with Gasteiger partial charge < -0.3 is 13.9 Å². The SMILES string of the molecule is CC(C)(O)c1cccc(-c2ccc3nc(-c4ccco4)cn3c2)c1. The molecule has 0 spiro atoms. The van der Waals surface area contributed by atoms with E-state index in [1.165, 1.54) is 0 Å². The number of furan rings is 1. The maximum atomic E-state index is 10.2. The molecule has 1 aromatic carbocycles. The average molecular weight is 318 g/mol. The lowest BCUT2D eigenvalue weighted by molar-refractivity contribution is 0.0786. The number of pyridine rings is 1. The number of benzene rings is 1. The van der Waals surface area contributed by atoms with Crippen LogP contribution in [-0.4, -0.2) is 14.5 Å². The fraction of sp³-hybridized carbons (Fsp3) is 0.150. The first kappa shape index (κ1) is 14.7. The number of hydrogen-bond acceptors (Lipinski definition) is 3. The fourth-order valence-electron chi connectivity index (χ4n) is 2.78. The Kier molecular flexibility index (Phi) is 3.28. The van der Waals surface area contributed by atoms with Crippen molar-refractivity contribution in [3.05, 3.63) is 72.8 Å². The van der Waals surface area contributed by atoms with E-state index in [2.05, 4.69) is 4.98 Å². The van der Waals surface area contributed by atoms with Crippen LogP contribution >= 0.6 is 0 Å². The van der Waals surface area contributed by atoms with Crippen molar-refractivity contribution in [1.29, 1.82) is 0 Å². The lowest BCUT2D eigenvalue weighted by Crippen LogP contribution is -2.15. The zero-order valence-electron chi connectivity index (χ0n) is 13.6. The fourth-order valence-corrected chi connectivity index (χ4v) is 2.78. The van der Waals surface area contributed by atoms with Gasteiger partial charge in [0.25, 0.3) is 0 Å². The van der Waals surface area contributed by atoms with Gasteiger partial charge in [-0.25, -0.2) is 4.98 Å². The van der Waals surface area contributed by atoms with E-state index in [0.717, 1.165) is 33.8 Å². The van der Waals surface area contributed by atoms with Gasteiger partial charge in [-0.2, -0.15) is 0 Å². The van der Waals surface area contributed by atoms with Crippen LogP contribution < -0.4 is 0 Å². The second-order valence-electron chi connectivity index (χ2n) is 6.43. The Labute approximate surface area is 140 Å². The lowest BCUT2D eigenvalue weighted by atomic mass is 9.95. The molecule has 0 bridgehead atoms. The van der Waals surface area contributed by atoms with Crippen LogP contribution in [0.25, 0.3) is 28.2 Å². The minimum Gasteiger partial charge on any atom is -0.463 e. The van der Waals surface area contributed by atoms with Crippen LogP contribution in [0.1, 0.15) is 19.4 Å². The van der Waals surface area contributed by atoms with Gasteiger partial charge in [-0.05, 0) is 60.9 Å². The van der Waals surface area contributed by atoms with Crippen molar-refractivity contribution in [1.82, 2.24) is 9.38 Å². The molecule has 0 aliphatic heterocycles. The van der Waals surface area contributed by atoms with Crippen molar-refractivity contribution in [3.8, 4) is 22.6 Å². The molecule has 0 aliphatic rings. The molecule has 0 fully saturated rings. The Balaban J connectivity index is 1.78. The molecule has 120 valence electrons. The first-order valence-electron chi connectivity index (χ1n) is 7.87. The first-order valence-corrected chi connectivity index (χ1v) is 7.87. The molecule has 4 aromatic rings. The normalized spacial score (nSPS) is 12.0. The van der Waals surface area contributed by atoms with Gasteiger partial charge >= 0.3 is 0 Å². The molecule has 24 heavy (non-hydrogen) atoms. The summed E-state index contributed by atoms with van der Waals surface area (Å²) in [6.45, 7) is 3.58. The van der Waals surface area contributed by atoms with Gasteiger partial charge in [0.15, 0.2) is 5.76 Å². The van der Waals surface area contributed by atoms with E-state index < -0.39 is 5.60 Å². The molecule has 0 radical (unpaired) electrons. The second kappa shape index (κ2) is 5.35. The molecule has 3 aromatic heterocycles. The molecule has 4 heteroatoms. The maximum Gasteiger partial charge on any atom is 0.153 e. The first-order chi connectivity index (χ1) is 11.5. The van der Waals surface area contributed by atoms with Crippen LogP contribution in [0.15, 0.2) is 71.6 Å². The molecule has 0 saturated heterocycles. The zero-order chi connectivity index (χ0) is 16.7. The predicted molar refractivity (Wildman–Crippen MR) is 93.6 cm³/mol. The third-order valence-electron chi connectivity index (χ3n) is 4.13. The van der Waals surface area contributed by atoms with E-state index in [0.29, 0.717) is 0 Å². The molecular formula is C20H18N2O2. The summed E-state index contributed by atoms with van der Waals surface area (Å²) in [5.41, 5.74) is 3.83. The van der Waals surface area contributed by atoms with Gasteiger partial charge in [0.05, 0.1) is 11.9 Å². The van der Waals surface area contributed by atoms with E-state index in [1.54, 1.807) is 20.1 Å². The molecule has 0 atom stereocenters. The van der Waals surface area contributed by atoms with Gasteiger partial charge in [-0.1, -0.05) is 18.2 Å². The number of nitrogens with zero attached hydrogens (tertiary/aromatic N) is 2. The van der Waals surface area contributed by atoms with E-state index in [1.807, 2.05) is 65.3 Å². The van der Waals surface area contributed by atoms with Crippen LogP contribution in [0, 0.1) is 0 Å². The third-order valence-corrected chi connectivity index (χ3v) is 4.13. The summed E-state index contributed by atoms with van der Waals surface area (Å²) in [5.74, 6) is 0.754. The molecule has 0 unspecified atom stereocenters.